The third kappa shape index (κ3) is 4.17. The Morgan fingerprint density at radius 2 is 1.92 bits per heavy atom. The van der Waals surface area contributed by atoms with Crippen molar-refractivity contribution in [3.8, 4) is 5.69 Å². The van der Waals surface area contributed by atoms with Crippen molar-refractivity contribution in [1.82, 2.24) is 14.7 Å². The molecule has 7 nitrogen and oxygen atoms in total. The van der Waals surface area contributed by atoms with Crippen molar-refractivity contribution in [2.45, 2.75) is 26.7 Å². The highest BCUT2D eigenvalue weighted by molar-refractivity contribution is 5.95. The standard InChI is InChI=1S/C18H24N4O3/c1-4-6-11-21(3)17(23)13-7-9-14(10-8-13)22-16(19)15(12-20-22)18(24)25-5-2/h7-10,12H,4-6,11,19H2,1-3H3. The maximum Gasteiger partial charge on any atom is 0.343 e. The van der Waals surface area contributed by atoms with Crippen molar-refractivity contribution in [3.05, 3.63) is 41.6 Å². The average molecular weight is 344 g/mol. The first-order valence-corrected chi connectivity index (χ1v) is 8.36. The molecule has 134 valence electrons. The lowest BCUT2D eigenvalue weighted by Crippen LogP contribution is -2.27. The second-order valence-corrected chi connectivity index (χ2v) is 5.70. The molecule has 0 unspecified atom stereocenters. The van der Waals surface area contributed by atoms with Crippen LogP contribution in [0, 0.1) is 0 Å². The summed E-state index contributed by atoms with van der Waals surface area (Å²) < 4.78 is 6.39. The number of ether oxygens (including phenoxy) is 1. The summed E-state index contributed by atoms with van der Waals surface area (Å²) in [6.07, 6.45) is 3.39. The molecular formula is C18H24N4O3. The highest BCUT2D eigenvalue weighted by Crippen LogP contribution is 2.19. The maximum atomic E-state index is 12.3. The van der Waals surface area contributed by atoms with E-state index in [1.165, 1.54) is 10.9 Å². The van der Waals surface area contributed by atoms with Crippen LogP contribution >= 0.6 is 0 Å². The van der Waals surface area contributed by atoms with Gasteiger partial charge in [-0.2, -0.15) is 5.10 Å². The Labute approximate surface area is 147 Å². The van der Waals surface area contributed by atoms with Crippen LogP contribution in [0.25, 0.3) is 5.69 Å². The molecule has 2 N–H and O–H groups in total. The van der Waals surface area contributed by atoms with Crippen molar-refractivity contribution < 1.29 is 14.3 Å². The van der Waals surface area contributed by atoms with Crippen LogP contribution in [0.3, 0.4) is 0 Å². The fraction of sp³-hybridized carbons (Fsp3) is 0.389. The van der Waals surface area contributed by atoms with Gasteiger partial charge < -0.3 is 15.4 Å². The van der Waals surface area contributed by atoms with Gasteiger partial charge >= 0.3 is 5.97 Å². The minimum Gasteiger partial charge on any atom is -0.462 e. The monoisotopic (exact) mass is 344 g/mol. The third-order valence-corrected chi connectivity index (χ3v) is 3.85. The lowest BCUT2D eigenvalue weighted by molar-refractivity contribution is 0.0527. The predicted octanol–water partition coefficient (Wildman–Crippen LogP) is 2.50. The zero-order chi connectivity index (χ0) is 18.4. The second-order valence-electron chi connectivity index (χ2n) is 5.70. The number of nitrogens with zero attached hydrogens (tertiary/aromatic N) is 3. The van der Waals surface area contributed by atoms with Crippen molar-refractivity contribution in [3.63, 3.8) is 0 Å². The summed E-state index contributed by atoms with van der Waals surface area (Å²) in [6.45, 7) is 4.82. The summed E-state index contributed by atoms with van der Waals surface area (Å²) in [5, 5.41) is 4.13. The number of benzene rings is 1. The first kappa shape index (κ1) is 18.5. The second kappa shape index (κ2) is 8.32. The van der Waals surface area contributed by atoms with Crippen molar-refractivity contribution >= 4 is 17.7 Å². The zero-order valence-electron chi connectivity index (χ0n) is 14.9. The summed E-state index contributed by atoms with van der Waals surface area (Å²) in [4.78, 5) is 25.9. The summed E-state index contributed by atoms with van der Waals surface area (Å²) in [6, 6.07) is 6.95. The number of hydrogen-bond donors (Lipinski definition) is 1. The van der Waals surface area contributed by atoms with E-state index in [-0.39, 0.29) is 23.9 Å². The molecule has 25 heavy (non-hydrogen) atoms. The van der Waals surface area contributed by atoms with E-state index in [1.807, 2.05) is 0 Å². The fourth-order valence-corrected chi connectivity index (χ4v) is 2.39. The molecule has 2 rings (SSSR count). The number of rotatable bonds is 7. The molecule has 1 amide bonds. The molecule has 0 aliphatic rings. The fourth-order valence-electron chi connectivity index (χ4n) is 2.39. The smallest absolute Gasteiger partial charge is 0.343 e. The molecule has 1 aromatic carbocycles. The summed E-state index contributed by atoms with van der Waals surface area (Å²) in [7, 11) is 1.79. The van der Waals surface area contributed by atoms with Crippen LogP contribution in [0.2, 0.25) is 0 Å². The highest BCUT2D eigenvalue weighted by Gasteiger charge is 2.17. The average Bonchev–Trinajstić information content (AvgIpc) is 3.01. The SMILES string of the molecule is CCCCN(C)C(=O)c1ccc(-n2ncc(C(=O)OCC)c2N)cc1. The van der Waals surface area contributed by atoms with Crippen LogP contribution in [0.15, 0.2) is 30.5 Å². The van der Waals surface area contributed by atoms with E-state index in [0.717, 1.165) is 19.4 Å². The molecule has 0 saturated carbocycles. The van der Waals surface area contributed by atoms with E-state index in [0.29, 0.717) is 11.3 Å². The molecule has 0 radical (unpaired) electrons. The first-order valence-electron chi connectivity index (χ1n) is 8.36. The number of aromatic nitrogens is 2. The van der Waals surface area contributed by atoms with Gasteiger partial charge in [-0.15, -0.1) is 0 Å². The Morgan fingerprint density at radius 1 is 1.24 bits per heavy atom. The van der Waals surface area contributed by atoms with E-state index >= 15 is 0 Å². The van der Waals surface area contributed by atoms with Gasteiger partial charge in [-0.3, -0.25) is 4.79 Å². The number of carbonyl (C=O) groups excluding carboxylic acids is 2. The number of amides is 1. The number of nitrogen functional groups attached to an aromatic ring is 1. The normalized spacial score (nSPS) is 10.5. The lowest BCUT2D eigenvalue weighted by atomic mass is 10.1. The number of anilines is 1. The number of esters is 1. The zero-order valence-corrected chi connectivity index (χ0v) is 14.9. The molecule has 0 fully saturated rings. The van der Waals surface area contributed by atoms with Crippen molar-refractivity contribution in [2.75, 3.05) is 25.9 Å². The van der Waals surface area contributed by atoms with Gasteiger partial charge in [0.2, 0.25) is 0 Å². The lowest BCUT2D eigenvalue weighted by Gasteiger charge is -2.17. The Bertz CT molecular complexity index is 737. The van der Waals surface area contributed by atoms with Crippen LogP contribution < -0.4 is 5.73 Å². The van der Waals surface area contributed by atoms with E-state index < -0.39 is 5.97 Å². The molecule has 0 aliphatic carbocycles. The summed E-state index contributed by atoms with van der Waals surface area (Å²) >= 11 is 0. The molecule has 0 spiro atoms. The van der Waals surface area contributed by atoms with Crippen LogP contribution in [-0.2, 0) is 4.74 Å². The molecule has 1 heterocycles. The van der Waals surface area contributed by atoms with E-state index in [2.05, 4.69) is 12.0 Å². The first-order chi connectivity index (χ1) is 12.0. The number of hydrogen-bond acceptors (Lipinski definition) is 5. The number of nitrogens with two attached hydrogens (primary N) is 1. The molecule has 7 heteroatoms. The summed E-state index contributed by atoms with van der Waals surface area (Å²) in [5.74, 6) is -0.325. The van der Waals surface area contributed by atoms with Crippen LogP contribution in [0.4, 0.5) is 5.82 Å². The number of carbonyl (C=O) groups is 2. The number of unbranched alkanes of at least 4 members (excludes halogenated alkanes) is 1. The Balaban J connectivity index is 2.18. The van der Waals surface area contributed by atoms with Gasteiger partial charge in [0.05, 0.1) is 18.5 Å². The van der Waals surface area contributed by atoms with Crippen LogP contribution in [0.1, 0.15) is 47.4 Å². The summed E-state index contributed by atoms with van der Waals surface area (Å²) in [5.41, 5.74) is 7.48. The van der Waals surface area contributed by atoms with E-state index in [1.54, 1.807) is 43.1 Å². The van der Waals surface area contributed by atoms with E-state index in [9.17, 15) is 9.59 Å². The van der Waals surface area contributed by atoms with Gasteiger partial charge in [0.15, 0.2) is 0 Å². The topological polar surface area (TPSA) is 90.5 Å². The Kier molecular flexibility index (Phi) is 6.16. The molecule has 1 aromatic heterocycles. The van der Waals surface area contributed by atoms with Gasteiger partial charge in [-0.25, -0.2) is 9.48 Å². The molecule has 0 aliphatic heterocycles. The van der Waals surface area contributed by atoms with Crippen LogP contribution in [-0.4, -0.2) is 46.8 Å². The predicted molar refractivity (Wildman–Crippen MR) is 95.8 cm³/mol. The van der Waals surface area contributed by atoms with Gasteiger partial charge in [0, 0.05) is 19.2 Å². The van der Waals surface area contributed by atoms with Crippen LogP contribution in [0.5, 0.6) is 0 Å². The molecule has 0 atom stereocenters. The molecule has 0 saturated heterocycles. The van der Waals surface area contributed by atoms with Gasteiger partial charge in [-0.05, 0) is 37.6 Å². The van der Waals surface area contributed by atoms with Crippen molar-refractivity contribution in [2.24, 2.45) is 0 Å². The van der Waals surface area contributed by atoms with Gasteiger partial charge in [0.25, 0.3) is 5.91 Å². The van der Waals surface area contributed by atoms with E-state index in [4.69, 9.17) is 10.5 Å². The largest absolute Gasteiger partial charge is 0.462 e. The van der Waals surface area contributed by atoms with Crippen molar-refractivity contribution in [1.29, 1.82) is 0 Å². The maximum absolute atomic E-state index is 12.3. The molecule has 0 bridgehead atoms. The Hall–Kier alpha value is -2.83. The molecular weight excluding hydrogens is 320 g/mol. The molecule has 2 aromatic rings. The quantitative estimate of drug-likeness (QED) is 0.779. The minimum atomic E-state index is -0.504. The Morgan fingerprint density at radius 3 is 2.52 bits per heavy atom. The third-order valence-electron chi connectivity index (χ3n) is 3.85. The van der Waals surface area contributed by atoms with Gasteiger partial charge in [0.1, 0.15) is 11.4 Å². The highest BCUT2D eigenvalue weighted by atomic mass is 16.5. The van der Waals surface area contributed by atoms with Gasteiger partial charge in [-0.1, -0.05) is 13.3 Å². The minimum absolute atomic E-state index is 0.0272.